The van der Waals surface area contributed by atoms with Crippen LogP contribution in [0.25, 0.3) is 0 Å². The molecule has 0 spiro atoms. The van der Waals surface area contributed by atoms with Gasteiger partial charge in [0.15, 0.2) is 0 Å². The lowest BCUT2D eigenvalue weighted by atomic mass is 9.75. The maximum absolute atomic E-state index is 12.3. The van der Waals surface area contributed by atoms with E-state index in [1.807, 2.05) is 18.7 Å². The molecule has 0 aromatic heterocycles. The molecule has 0 aromatic rings. The average Bonchev–Trinajstić information content (AvgIpc) is 2.45. The number of nitrogens with zero attached hydrogens (tertiary/aromatic N) is 2. The highest BCUT2D eigenvalue weighted by atomic mass is 16.2. The van der Waals surface area contributed by atoms with Gasteiger partial charge < -0.3 is 10.6 Å². The van der Waals surface area contributed by atoms with Crippen LogP contribution in [0.3, 0.4) is 0 Å². The first kappa shape index (κ1) is 18.4. The molecule has 2 N–H and O–H groups in total. The molecule has 1 rings (SSSR count). The molecule has 4 heteroatoms. The maximum Gasteiger partial charge on any atom is 0.224 e. The van der Waals surface area contributed by atoms with E-state index in [9.17, 15) is 4.79 Å². The molecule has 4 nitrogen and oxygen atoms in total. The molecule has 1 heterocycles. The Kier molecular flexibility index (Phi) is 7.14. The van der Waals surface area contributed by atoms with Gasteiger partial charge in [-0.1, -0.05) is 20.8 Å². The van der Waals surface area contributed by atoms with Crippen LogP contribution in [0.5, 0.6) is 0 Å². The van der Waals surface area contributed by atoms with Gasteiger partial charge in [-0.25, -0.2) is 0 Å². The van der Waals surface area contributed by atoms with Crippen molar-refractivity contribution in [3.8, 4) is 0 Å². The number of rotatable bonds is 6. The zero-order chi connectivity index (χ0) is 16.0. The molecule has 21 heavy (non-hydrogen) atoms. The molecule has 1 aliphatic rings. The normalized spacial score (nSPS) is 19.5. The number of hydrogen-bond acceptors (Lipinski definition) is 3. The van der Waals surface area contributed by atoms with Gasteiger partial charge in [0.25, 0.3) is 0 Å². The van der Waals surface area contributed by atoms with Gasteiger partial charge in [-0.2, -0.15) is 0 Å². The minimum Gasteiger partial charge on any atom is -0.343 e. The third-order valence-corrected chi connectivity index (χ3v) is 5.07. The van der Waals surface area contributed by atoms with Crippen molar-refractivity contribution in [2.75, 3.05) is 32.7 Å². The van der Waals surface area contributed by atoms with Crippen LogP contribution in [0.15, 0.2) is 0 Å². The Balaban J connectivity index is 2.53. The van der Waals surface area contributed by atoms with E-state index in [1.54, 1.807) is 0 Å². The van der Waals surface area contributed by atoms with Crippen molar-refractivity contribution in [3.05, 3.63) is 0 Å². The second-order valence-electron chi connectivity index (χ2n) is 7.34. The summed E-state index contributed by atoms with van der Waals surface area (Å²) < 4.78 is 0. The average molecular weight is 297 g/mol. The summed E-state index contributed by atoms with van der Waals surface area (Å²) in [5.74, 6) is 1.03. The first-order valence-corrected chi connectivity index (χ1v) is 8.55. The Morgan fingerprint density at radius 3 is 2.14 bits per heavy atom. The minimum absolute atomic E-state index is 0.207. The summed E-state index contributed by atoms with van der Waals surface area (Å²) >= 11 is 0. The summed E-state index contributed by atoms with van der Waals surface area (Å²) in [5, 5.41) is 0. The summed E-state index contributed by atoms with van der Waals surface area (Å²) in [5.41, 5.74) is 6.33. The lowest BCUT2D eigenvalue weighted by molar-refractivity contribution is -0.132. The quantitative estimate of drug-likeness (QED) is 0.818. The molecule has 1 amide bonds. The molecular formula is C17H35N3O. The van der Waals surface area contributed by atoms with E-state index in [2.05, 4.69) is 25.7 Å². The van der Waals surface area contributed by atoms with E-state index in [1.165, 1.54) is 12.8 Å². The molecule has 0 aliphatic carbocycles. The minimum atomic E-state index is 0.207. The Labute approximate surface area is 131 Å². The zero-order valence-corrected chi connectivity index (χ0v) is 14.7. The second kappa shape index (κ2) is 8.14. The summed E-state index contributed by atoms with van der Waals surface area (Å²) in [6.07, 6.45) is 3.01. The van der Waals surface area contributed by atoms with Crippen LogP contribution >= 0.6 is 0 Å². The summed E-state index contributed by atoms with van der Waals surface area (Å²) in [6, 6.07) is 0.207. The van der Waals surface area contributed by atoms with Crippen LogP contribution in [0.1, 0.15) is 53.9 Å². The largest absolute Gasteiger partial charge is 0.343 e. The van der Waals surface area contributed by atoms with Crippen LogP contribution in [-0.2, 0) is 4.79 Å². The van der Waals surface area contributed by atoms with Crippen LogP contribution in [0, 0.1) is 11.3 Å². The van der Waals surface area contributed by atoms with Crippen LogP contribution in [0.2, 0.25) is 0 Å². The van der Waals surface area contributed by atoms with E-state index >= 15 is 0 Å². The standard InChI is InChI=1S/C17H35N3O/c1-6-19(7-2)16(21)12-15(13-18)20-10-8-14(9-11-20)17(3,4)5/h14-15H,6-13,18H2,1-5H3. The van der Waals surface area contributed by atoms with Crippen LogP contribution < -0.4 is 5.73 Å². The fourth-order valence-electron chi connectivity index (χ4n) is 3.40. The Morgan fingerprint density at radius 2 is 1.76 bits per heavy atom. The van der Waals surface area contributed by atoms with Gasteiger partial charge in [-0.3, -0.25) is 9.69 Å². The Bertz CT molecular complexity index is 312. The summed E-state index contributed by atoms with van der Waals surface area (Å²) in [7, 11) is 0. The van der Waals surface area contributed by atoms with Crippen molar-refractivity contribution in [2.24, 2.45) is 17.1 Å². The first-order chi connectivity index (χ1) is 9.83. The van der Waals surface area contributed by atoms with E-state index in [0.29, 0.717) is 18.4 Å². The van der Waals surface area contributed by atoms with E-state index in [-0.39, 0.29) is 11.9 Å². The predicted molar refractivity (Wildman–Crippen MR) is 89.1 cm³/mol. The van der Waals surface area contributed by atoms with Crippen molar-refractivity contribution >= 4 is 5.91 Å². The Hall–Kier alpha value is -0.610. The van der Waals surface area contributed by atoms with Crippen molar-refractivity contribution < 1.29 is 4.79 Å². The SMILES string of the molecule is CCN(CC)C(=O)CC(CN)N1CCC(C(C)(C)C)CC1. The summed E-state index contributed by atoms with van der Waals surface area (Å²) in [6.45, 7) is 15.4. The van der Waals surface area contributed by atoms with Gasteiger partial charge in [0.05, 0.1) is 0 Å². The lowest BCUT2D eigenvalue weighted by Gasteiger charge is -2.41. The van der Waals surface area contributed by atoms with Gasteiger partial charge >= 0.3 is 0 Å². The smallest absolute Gasteiger partial charge is 0.224 e. The molecule has 0 radical (unpaired) electrons. The van der Waals surface area contributed by atoms with Crippen molar-refractivity contribution in [1.82, 2.24) is 9.80 Å². The molecule has 124 valence electrons. The van der Waals surface area contributed by atoms with E-state index in [0.717, 1.165) is 32.1 Å². The number of piperidine rings is 1. The van der Waals surface area contributed by atoms with Gasteiger partial charge in [-0.15, -0.1) is 0 Å². The van der Waals surface area contributed by atoms with Crippen molar-refractivity contribution in [1.29, 1.82) is 0 Å². The first-order valence-electron chi connectivity index (χ1n) is 8.55. The Morgan fingerprint density at radius 1 is 1.24 bits per heavy atom. The van der Waals surface area contributed by atoms with Crippen LogP contribution in [0.4, 0.5) is 0 Å². The van der Waals surface area contributed by atoms with Crippen molar-refractivity contribution in [3.63, 3.8) is 0 Å². The molecular weight excluding hydrogens is 262 g/mol. The molecule has 1 unspecified atom stereocenters. The third-order valence-electron chi connectivity index (χ3n) is 5.07. The number of carbonyl (C=O) groups excluding carboxylic acids is 1. The molecule has 1 aliphatic heterocycles. The fraction of sp³-hybridized carbons (Fsp3) is 0.941. The highest BCUT2D eigenvalue weighted by Crippen LogP contribution is 2.34. The monoisotopic (exact) mass is 297 g/mol. The predicted octanol–water partition coefficient (Wildman–Crippen LogP) is 2.33. The number of hydrogen-bond donors (Lipinski definition) is 1. The fourth-order valence-corrected chi connectivity index (χ4v) is 3.40. The highest BCUT2D eigenvalue weighted by molar-refractivity contribution is 5.76. The molecule has 0 bridgehead atoms. The second-order valence-corrected chi connectivity index (χ2v) is 7.34. The lowest BCUT2D eigenvalue weighted by Crippen LogP contribution is -2.49. The van der Waals surface area contributed by atoms with Crippen molar-refractivity contribution in [2.45, 2.75) is 59.9 Å². The molecule has 1 atom stereocenters. The summed E-state index contributed by atoms with van der Waals surface area (Å²) in [4.78, 5) is 16.6. The van der Waals surface area contributed by atoms with Gasteiger partial charge in [0.1, 0.15) is 0 Å². The number of amides is 1. The van der Waals surface area contributed by atoms with E-state index < -0.39 is 0 Å². The van der Waals surface area contributed by atoms with Gasteiger partial charge in [0, 0.05) is 32.1 Å². The maximum atomic E-state index is 12.3. The molecule has 1 fully saturated rings. The highest BCUT2D eigenvalue weighted by Gasteiger charge is 2.31. The molecule has 0 aromatic carbocycles. The molecule has 0 saturated carbocycles. The van der Waals surface area contributed by atoms with Crippen LogP contribution in [-0.4, -0.2) is 54.5 Å². The topological polar surface area (TPSA) is 49.6 Å². The van der Waals surface area contributed by atoms with Gasteiger partial charge in [0.2, 0.25) is 5.91 Å². The van der Waals surface area contributed by atoms with E-state index in [4.69, 9.17) is 5.73 Å². The number of likely N-dealkylation sites (tertiary alicyclic amines) is 1. The number of carbonyl (C=O) groups is 1. The number of nitrogens with two attached hydrogens (primary N) is 1. The van der Waals surface area contributed by atoms with Gasteiger partial charge in [-0.05, 0) is 51.1 Å². The third kappa shape index (κ3) is 5.26. The zero-order valence-electron chi connectivity index (χ0n) is 14.7. The molecule has 1 saturated heterocycles.